The number of nitrogens with zero attached hydrogens (tertiary/aromatic N) is 3. The number of amides is 2. The lowest BCUT2D eigenvalue weighted by Crippen LogP contribution is -2.35. The highest BCUT2D eigenvalue weighted by atomic mass is 32.2. The van der Waals surface area contributed by atoms with Crippen molar-refractivity contribution in [3.05, 3.63) is 137 Å². The van der Waals surface area contributed by atoms with E-state index in [1.807, 2.05) is 67.6 Å². The molecule has 2 amide bonds. The first-order valence-corrected chi connectivity index (χ1v) is 13.9. The Morgan fingerprint density at radius 2 is 1.49 bits per heavy atom. The first-order chi connectivity index (χ1) is 19.0. The predicted octanol–water partition coefficient (Wildman–Crippen LogP) is 7.28. The van der Waals surface area contributed by atoms with Crippen molar-refractivity contribution in [3.63, 3.8) is 0 Å². The fourth-order valence-electron chi connectivity index (χ4n) is 4.36. The summed E-state index contributed by atoms with van der Waals surface area (Å²) in [5.74, 6) is 1.44. The number of thioether (sulfide) groups is 1. The zero-order valence-corrected chi connectivity index (χ0v) is 22.9. The van der Waals surface area contributed by atoms with E-state index in [-0.39, 0.29) is 6.03 Å². The summed E-state index contributed by atoms with van der Waals surface area (Å²) in [6.45, 7) is 4.07. The Hall–Kier alpha value is -4.36. The van der Waals surface area contributed by atoms with Gasteiger partial charge in [-0.15, -0.1) is 10.2 Å². The molecule has 0 saturated carbocycles. The standard InChI is InChI=1S/C32H31N5OS/c1-23-16-18-28(19-17-23)37-30(35-36-32(37)39-22-26-13-7-4-8-14-26)29(21-25-11-5-3-6-12-25)34-31(38)33-27-15-9-10-24(2)20-27/h3-20,29H,21-22H2,1-2H3,(H2,33,34,38). The van der Waals surface area contributed by atoms with Crippen LogP contribution in [0.25, 0.3) is 5.69 Å². The molecule has 0 radical (unpaired) electrons. The van der Waals surface area contributed by atoms with Crippen molar-refractivity contribution < 1.29 is 4.79 Å². The molecule has 5 aromatic rings. The van der Waals surface area contributed by atoms with E-state index in [2.05, 4.69) is 80.9 Å². The average molecular weight is 534 g/mol. The van der Waals surface area contributed by atoms with Gasteiger partial charge in [0.05, 0.1) is 6.04 Å². The number of nitrogens with one attached hydrogen (secondary N) is 2. The van der Waals surface area contributed by atoms with Gasteiger partial charge in [0.1, 0.15) is 0 Å². The van der Waals surface area contributed by atoms with Gasteiger partial charge in [0.25, 0.3) is 0 Å². The van der Waals surface area contributed by atoms with Crippen LogP contribution in [-0.4, -0.2) is 20.8 Å². The van der Waals surface area contributed by atoms with Crippen molar-refractivity contribution in [1.82, 2.24) is 20.1 Å². The number of urea groups is 1. The van der Waals surface area contributed by atoms with E-state index in [1.165, 1.54) is 11.1 Å². The second-order valence-electron chi connectivity index (χ2n) is 9.50. The molecule has 0 fully saturated rings. The molecule has 1 atom stereocenters. The van der Waals surface area contributed by atoms with Gasteiger partial charge >= 0.3 is 6.03 Å². The zero-order valence-electron chi connectivity index (χ0n) is 22.0. The molecular weight excluding hydrogens is 502 g/mol. The summed E-state index contributed by atoms with van der Waals surface area (Å²) in [6.07, 6.45) is 0.565. The molecule has 7 heteroatoms. The van der Waals surface area contributed by atoms with Crippen LogP contribution in [-0.2, 0) is 12.2 Å². The highest BCUT2D eigenvalue weighted by Crippen LogP contribution is 2.29. The lowest BCUT2D eigenvalue weighted by atomic mass is 10.1. The molecule has 0 aliphatic rings. The first kappa shape index (κ1) is 26.3. The zero-order chi connectivity index (χ0) is 27.0. The number of carbonyl (C=O) groups excluding carboxylic acids is 1. The maximum absolute atomic E-state index is 13.2. The minimum Gasteiger partial charge on any atom is -0.327 e. The third-order valence-corrected chi connectivity index (χ3v) is 7.34. The lowest BCUT2D eigenvalue weighted by molar-refractivity contribution is 0.247. The summed E-state index contributed by atoms with van der Waals surface area (Å²) >= 11 is 1.63. The van der Waals surface area contributed by atoms with Gasteiger partial charge in [0, 0.05) is 23.5 Å². The van der Waals surface area contributed by atoms with E-state index in [0.717, 1.165) is 33.4 Å². The quantitative estimate of drug-likeness (QED) is 0.195. The van der Waals surface area contributed by atoms with Gasteiger partial charge in [0.15, 0.2) is 11.0 Å². The highest BCUT2D eigenvalue weighted by molar-refractivity contribution is 7.98. The van der Waals surface area contributed by atoms with E-state index in [4.69, 9.17) is 0 Å². The molecule has 196 valence electrons. The van der Waals surface area contributed by atoms with Crippen LogP contribution in [0.2, 0.25) is 0 Å². The van der Waals surface area contributed by atoms with Crippen LogP contribution in [0.15, 0.2) is 114 Å². The van der Waals surface area contributed by atoms with Gasteiger partial charge in [-0.05, 0) is 54.8 Å². The van der Waals surface area contributed by atoms with Crippen molar-refractivity contribution in [3.8, 4) is 5.69 Å². The van der Waals surface area contributed by atoms with Gasteiger partial charge in [0.2, 0.25) is 0 Å². The number of carbonyl (C=O) groups is 1. The van der Waals surface area contributed by atoms with Crippen LogP contribution in [0.1, 0.15) is 34.1 Å². The Bertz CT molecular complexity index is 1520. The van der Waals surface area contributed by atoms with Crippen LogP contribution in [0.5, 0.6) is 0 Å². The smallest absolute Gasteiger partial charge is 0.319 e. The number of aromatic nitrogens is 3. The summed E-state index contributed by atoms with van der Waals surface area (Å²) in [5, 5.41) is 16.2. The summed E-state index contributed by atoms with van der Waals surface area (Å²) < 4.78 is 2.06. The summed E-state index contributed by atoms with van der Waals surface area (Å²) in [4.78, 5) is 13.2. The van der Waals surface area contributed by atoms with Crippen LogP contribution in [0, 0.1) is 13.8 Å². The molecular formula is C32H31N5OS. The fraction of sp³-hybridized carbons (Fsp3) is 0.156. The van der Waals surface area contributed by atoms with Crippen molar-refractivity contribution in [2.24, 2.45) is 0 Å². The van der Waals surface area contributed by atoms with Crippen molar-refractivity contribution in [1.29, 1.82) is 0 Å². The van der Waals surface area contributed by atoms with Crippen molar-refractivity contribution >= 4 is 23.5 Å². The Morgan fingerprint density at radius 3 is 2.18 bits per heavy atom. The molecule has 5 rings (SSSR count). The molecule has 6 nitrogen and oxygen atoms in total. The second-order valence-corrected chi connectivity index (χ2v) is 10.4. The highest BCUT2D eigenvalue weighted by Gasteiger charge is 2.25. The Kier molecular flexibility index (Phi) is 8.39. The van der Waals surface area contributed by atoms with Gasteiger partial charge in [-0.3, -0.25) is 4.57 Å². The fourth-order valence-corrected chi connectivity index (χ4v) is 5.28. The normalized spacial score (nSPS) is 11.6. The van der Waals surface area contributed by atoms with E-state index in [1.54, 1.807) is 11.8 Å². The number of anilines is 1. The van der Waals surface area contributed by atoms with Crippen LogP contribution >= 0.6 is 11.8 Å². The summed E-state index contributed by atoms with van der Waals surface area (Å²) in [5.41, 5.74) is 6.24. The van der Waals surface area contributed by atoms with E-state index < -0.39 is 6.04 Å². The van der Waals surface area contributed by atoms with E-state index in [0.29, 0.717) is 12.2 Å². The first-order valence-electron chi connectivity index (χ1n) is 12.9. The molecule has 39 heavy (non-hydrogen) atoms. The van der Waals surface area contributed by atoms with Crippen LogP contribution in [0.4, 0.5) is 10.5 Å². The van der Waals surface area contributed by atoms with E-state index >= 15 is 0 Å². The Morgan fingerprint density at radius 1 is 0.795 bits per heavy atom. The molecule has 1 unspecified atom stereocenters. The van der Waals surface area contributed by atoms with Gasteiger partial charge in [-0.1, -0.05) is 102 Å². The van der Waals surface area contributed by atoms with Crippen molar-refractivity contribution in [2.75, 3.05) is 5.32 Å². The number of benzene rings is 4. The number of hydrogen-bond donors (Lipinski definition) is 2. The molecule has 1 aromatic heterocycles. The SMILES string of the molecule is Cc1ccc(-n2c(SCc3ccccc3)nnc2C(Cc2ccccc2)NC(=O)Nc2cccc(C)c2)cc1. The third-order valence-electron chi connectivity index (χ3n) is 6.34. The van der Waals surface area contributed by atoms with Crippen LogP contribution < -0.4 is 10.6 Å². The van der Waals surface area contributed by atoms with Crippen LogP contribution in [0.3, 0.4) is 0 Å². The Labute approximate surface area is 233 Å². The molecule has 0 bridgehead atoms. The maximum Gasteiger partial charge on any atom is 0.319 e. The van der Waals surface area contributed by atoms with Gasteiger partial charge in [-0.2, -0.15) is 0 Å². The average Bonchev–Trinajstić information content (AvgIpc) is 3.37. The van der Waals surface area contributed by atoms with Gasteiger partial charge in [-0.25, -0.2) is 4.79 Å². The molecule has 4 aromatic carbocycles. The summed E-state index contributed by atoms with van der Waals surface area (Å²) in [6, 6.07) is 35.8. The second kappa shape index (κ2) is 12.5. The minimum atomic E-state index is -0.419. The van der Waals surface area contributed by atoms with Crippen molar-refractivity contribution in [2.45, 2.75) is 37.2 Å². The Balaban J connectivity index is 1.49. The number of hydrogen-bond acceptors (Lipinski definition) is 4. The van der Waals surface area contributed by atoms with Gasteiger partial charge < -0.3 is 10.6 Å². The largest absolute Gasteiger partial charge is 0.327 e. The monoisotopic (exact) mass is 533 g/mol. The molecule has 0 aliphatic heterocycles. The third kappa shape index (κ3) is 6.94. The topological polar surface area (TPSA) is 71.8 Å². The minimum absolute atomic E-state index is 0.293. The molecule has 0 spiro atoms. The number of aryl methyl sites for hydroxylation is 2. The predicted molar refractivity (Wildman–Crippen MR) is 158 cm³/mol. The molecule has 2 N–H and O–H groups in total. The molecule has 0 saturated heterocycles. The maximum atomic E-state index is 13.2. The summed E-state index contributed by atoms with van der Waals surface area (Å²) in [7, 11) is 0. The number of rotatable bonds is 9. The van der Waals surface area contributed by atoms with E-state index in [9.17, 15) is 4.79 Å². The molecule has 0 aliphatic carbocycles. The lowest BCUT2D eigenvalue weighted by Gasteiger charge is -2.21. The molecule has 1 heterocycles.